The van der Waals surface area contributed by atoms with Crippen LogP contribution in [0.25, 0.3) is 11.0 Å². The van der Waals surface area contributed by atoms with E-state index < -0.39 is 6.04 Å². The van der Waals surface area contributed by atoms with Gasteiger partial charge in [0.15, 0.2) is 0 Å². The summed E-state index contributed by atoms with van der Waals surface area (Å²) in [4.78, 5) is 26.7. The smallest absolute Gasteiger partial charge is 0.246 e. The average molecular weight is 379 g/mol. The molecule has 2 atom stereocenters. The molecule has 0 bridgehead atoms. The number of amides is 2. The molecule has 2 unspecified atom stereocenters. The fourth-order valence-electron chi connectivity index (χ4n) is 3.09. The van der Waals surface area contributed by atoms with Gasteiger partial charge in [-0.3, -0.25) is 14.5 Å². The van der Waals surface area contributed by atoms with Gasteiger partial charge in [-0.15, -0.1) is 0 Å². The Morgan fingerprint density at radius 1 is 1.07 bits per heavy atom. The molecule has 2 amide bonds. The van der Waals surface area contributed by atoms with Gasteiger partial charge in [0.1, 0.15) is 17.4 Å². The molecule has 1 aromatic heterocycles. The first-order chi connectivity index (χ1) is 13.5. The molecule has 2 aromatic carbocycles. The van der Waals surface area contributed by atoms with Gasteiger partial charge in [-0.1, -0.05) is 48.5 Å². The van der Waals surface area contributed by atoms with Crippen LogP contribution in [0.1, 0.15) is 30.3 Å². The first-order valence-electron chi connectivity index (χ1n) is 9.24. The van der Waals surface area contributed by atoms with E-state index in [0.717, 1.165) is 22.3 Å². The van der Waals surface area contributed by atoms with E-state index in [1.54, 1.807) is 7.05 Å². The lowest BCUT2D eigenvalue weighted by Gasteiger charge is -2.24. The molecular weight excluding hydrogens is 354 g/mol. The SMILES string of the molecule is CNC(=O)C(NC(=O)CN(C)C(C)c1cc2ccccc2o1)c1ccccc1. The van der Waals surface area contributed by atoms with E-state index in [0.29, 0.717) is 0 Å². The molecule has 1 heterocycles. The number of para-hydroxylation sites is 1. The van der Waals surface area contributed by atoms with Crippen molar-refractivity contribution in [3.8, 4) is 0 Å². The van der Waals surface area contributed by atoms with E-state index in [1.807, 2.05) is 79.5 Å². The maximum Gasteiger partial charge on any atom is 0.246 e. The highest BCUT2D eigenvalue weighted by Crippen LogP contribution is 2.26. The Morgan fingerprint density at radius 2 is 1.75 bits per heavy atom. The third-order valence-corrected chi connectivity index (χ3v) is 4.86. The second-order valence-electron chi connectivity index (χ2n) is 6.80. The first-order valence-corrected chi connectivity index (χ1v) is 9.24. The van der Waals surface area contributed by atoms with Gasteiger partial charge < -0.3 is 15.1 Å². The number of carbonyl (C=O) groups is 2. The lowest BCUT2D eigenvalue weighted by molar-refractivity contribution is -0.129. The van der Waals surface area contributed by atoms with Crippen LogP contribution in [0.2, 0.25) is 0 Å². The Kier molecular flexibility index (Phi) is 6.11. The topological polar surface area (TPSA) is 74.6 Å². The lowest BCUT2D eigenvalue weighted by atomic mass is 10.1. The Labute approximate surface area is 164 Å². The fourth-order valence-corrected chi connectivity index (χ4v) is 3.09. The number of hydrogen-bond donors (Lipinski definition) is 2. The van der Waals surface area contributed by atoms with E-state index in [4.69, 9.17) is 4.42 Å². The van der Waals surface area contributed by atoms with Crippen LogP contribution in [-0.2, 0) is 9.59 Å². The molecule has 0 spiro atoms. The Morgan fingerprint density at radius 3 is 2.43 bits per heavy atom. The number of benzene rings is 2. The van der Waals surface area contributed by atoms with Crippen molar-refractivity contribution in [1.29, 1.82) is 0 Å². The number of nitrogens with one attached hydrogen (secondary N) is 2. The van der Waals surface area contributed by atoms with Crippen LogP contribution < -0.4 is 10.6 Å². The largest absolute Gasteiger partial charge is 0.459 e. The number of nitrogens with zero attached hydrogens (tertiary/aromatic N) is 1. The summed E-state index contributed by atoms with van der Waals surface area (Å²) in [5.74, 6) is 0.304. The zero-order chi connectivity index (χ0) is 20.1. The highest BCUT2D eigenvalue weighted by Gasteiger charge is 2.24. The van der Waals surface area contributed by atoms with Crippen LogP contribution in [-0.4, -0.2) is 37.4 Å². The van der Waals surface area contributed by atoms with Crippen LogP contribution in [0.4, 0.5) is 0 Å². The number of fused-ring (bicyclic) bond motifs is 1. The van der Waals surface area contributed by atoms with Crippen LogP contribution >= 0.6 is 0 Å². The summed E-state index contributed by atoms with van der Waals surface area (Å²) in [6.07, 6.45) is 0. The molecule has 0 aliphatic heterocycles. The van der Waals surface area contributed by atoms with Gasteiger partial charge in [0.05, 0.1) is 12.6 Å². The number of carbonyl (C=O) groups excluding carboxylic acids is 2. The molecular formula is C22H25N3O3. The van der Waals surface area contributed by atoms with Gasteiger partial charge in [-0.05, 0) is 31.7 Å². The summed E-state index contributed by atoms with van der Waals surface area (Å²) in [6.45, 7) is 2.12. The van der Waals surface area contributed by atoms with Crippen molar-refractivity contribution >= 4 is 22.8 Å². The monoisotopic (exact) mass is 379 g/mol. The molecule has 6 nitrogen and oxygen atoms in total. The maximum absolute atomic E-state index is 12.6. The van der Waals surface area contributed by atoms with Crippen molar-refractivity contribution in [3.63, 3.8) is 0 Å². The predicted octanol–water partition coefficient (Wildman–Crippen LogP) is 3.03. The predicted molar refractivity (Wildman–Crippen MR) is 109 cm³/mol. The van der Waals surface area contributed by atoms with Gasteiger partial charge in [0, 0.05) is 12.4 Å². The van der Waals surface area contributed by atoms with Crippen LogP contribution in [0, 0.1) is 0 Å². The minimum atomic E-state index is -0.728. The average Bonchev–Trinajstić information content (AvgIpc) is 3.15. The summed E-state index contributed by atoms with van der Waals surface area (Å²) in [5, 5.41) is 6.46. The van der Waals surface area contributed by atoms with E-state index in [1.165, 1.54) is 0 Å². The minimum Gasteiger partial charge on any atom is -0.459 e. The number of likely N-dealkylation sites (N-methyl/N-ethyl adjacent to an activating group) is 2. The summed E-state index contributed by atoms with van der Waals surface area (Å²) >= 11 is 0. The summed E-state index contributed by atoms with van der Waals surface area (Å²) < 4.78 is 5.90. The van der Waals surface area contributed by atoms with Crippen molar-refractivity contribution in [1.82, 2.24) is 15.5 Å². The molecule has 0 fully saturated rings. The molecule has 0 aliphatic carbocycles. The highest BCUT2D eigenvalue weighted by atomic mass is 16.3. The molecule has 0 saturated heterocycles. The summed E-state index contributed by atoms with van der Waals surface area (Å²) in [5.41, 5.74) is 1.56. The van der Waals surface area contributed by atoms with Crippen LogP contribution in [0.5, 0.6) is 0 Å². The first kappa shape index (κ1) is 19.6. The van der Waals surface area contributed by atoms with Gasteiger partial charge in [-0.25, -0.2) is 0 Å². The van der Waals surface area contributed by atoms with Crippen molar-refractivity contribution in [3.05, 3.63) is 72.0 Å². The van der Waals surface area contributed by atoms with Crippen molar-refractivity contribution in [2.75, 3.05) is 20.6 Å². The summed E-state index contributed by atoms with van der Waals surface area (Å²) in [7, 11) is 3.41. The third-order valence-electron chi connectivity index (χ3n) is 4.86. The molecule has 2 N–H and O–H groups in total. The van der Waals surface area contributed by atoms with E-state index in [-0.39, 0.29) is 24.4 Å². The maximum atomic E-state index is 12.6. The Balaban J connectivity index is 1.67. The lowest BCUT2D eigenvalue weighted by Crippen LogP contribution is -2.43. The molecule has 0 aliphatic rings. The van der Waals surface area contributed by atoms with Crippen LogP contribution in [0.15, 0.2) is 65.1 Å². The molecule has 6 heteroatoms. The van der Waals surface area contributed by atoms with Gasteiger partial charge in [0.25, 0.3) is 0 Å². The molecule has 0 radical (unpaired) electrons. The normalized spacial score (nSPS) is 13.3. The van der Waals surface area contributed by atoms with Crippen LogP contribution in [0.3, 0.4) is 0 Å². The van der Waals surface area contributed by atoms with Gasteiger partial charge >= 0.3 is 0 Å². The molecule has 0 saturated carbocycles. The zero-order valence-corrected chi connectivity index (χ0v) is 16.3. The van der Waals surface area contributed by atoms with E-state index in [2.05, 4.69) is 10.6 Å². The van der Waals surface area contributed by atoms with E-state index in [9.17, 15) is 9.59 Å². The quantitative estimate of drug-likeness (QED) is 0.662. The summed E-state index contributed by atoms with van der Waals surface area (Å²) in [6, 6.07) is 18.2. The molecule has 3 rings (SSSR count). The fraction of sp³-hybridized carbons (Fsp3) is 0.273. The zero-order valence-electron chi connectivity index (χ0n) is 16.3. The van der Waals surface area contributed by atoms with Gasteiger partial charge in [0.2, 0.25) is 11.8 Å². The van der Waals surface area contributed by atoms with Gasteiger partial charge in [-0.2, -0.15) is 0 Å². The van der Waals surface area contributed by atoms with E-state index >= 15 is 0 Å². The van der Waals surface area contributed by atoms with Crippen molar-refractivity contribution in [2.45, 2.75) is 19.0 Å². The third kappa shape index (κ3) is 4.40. The number of hydrogen-bond acceptors (Lipinski definition) is 4. The van der Waals surface area contributed by atoms with Crippen molar-refractivity contribution < 1.29 is 14.0 Å². The standard InChI is InChI=1S/C22H25N3O3/c1-15(19-13-17-11-7-8-12-18(17)28-19)25(3)14-20(26)24-21(22(27)23-2)16-9-5-4-6-10-16/h4-13,15,21H,14H2,1-3H3,(H,23,27)(H,24,26). The molecule has 28 heavy (non-hydrogen) atoms. The second-order valence-corrected chi connectivity index (χ2v) is 6.80. The minimum absolute atomic E-state index is 0.0895. The Hall–Kier alpha value is -3.12. The second kappa shape index (κ2) is 8.71. The number of furan rings is 1. The van der Waals surface area contributed by atoms with Crippen molar-refractivity contribution in [2.24, 2.45) is 0 Å². The molecule has 3 aromatic rings. The number of rotatable bonds is 7. The highest BCUT2D eigenvalue weighted by molar-refractivity contribution is 5.89. The Bertz CT molecular complexity index is 919. The molecule has 146 valence electrons.